The molecule has 0 heterocycles. The van der Waals surface area contributed by atoms with Crippen molar-refractivity contribution in [2.45, 2.75) is 38.5 Å². The molecule has 4 N–H and O–H groups in total. The second-order valence-corrected chi connectivity index (χ2v) is 4.76. The van der Waals surface area contributed by atoms with Gasteiger partial charge in [-0.1, -0.05) is 0 Å². The summed E-state index contributed by atoms with van der Waals surface area (Å²) in [6.07, 6.45) is 3.36. The molecule has 2 atom stereocenters. The fraction of sp³-hybridized carbons (Fsp3) is 0.750. The highest BCUT2D eigenvalue weighted by molar-refractivity contribution is 5.80. The molecule has 0 bridgehead atoms. The van der Waals surface area contributed by atoms with Crippen LogP contribution in [-0.2, 0) is 14.4 Å². The molecule has 1 fully saturated rings. The minimum Gasteiger partial charge on any atom is -0.481 e. The second-order valence-electron chi connectivity index (χ2n) is 4.76. The van der Waals surface area contributed by atoms with Gasteiger partial charge in [0.25, 0.3) is 0 Å². The Bertz CT molecular complexity index is 330. The maximum Gasteiger partial charge on any atom is 0.306 e. The van der Waals surface area contributed by atoms with E-state index in [0.29, 0.717) is 45.1 Å². The standard InChI is InChI=1S/C12H20N2O4/c13-10(15)3-1-2-6-14-11(16)8-4-5-9(7-8)12(17)18/h8-9H,1-7H2,(H2,13,15)(H,14,16)(H,17,18)/t8-,9+/m1/s1. The van der Waals surface area contributed by atoms with E-state index in [4.69, 9.17) is 10.8 Å². The number of carbonyl (C=O) groups excluding carboxylic acids is 2. The minimum absolute atomic E-state index is 0.0715. The Hall–Kier alpha value is -1.59. The van der Waals surface area contributed by atoms with Crippen molar-refractivity contribution in [3.63, 3.8) is 0 Å². The van der Waals surface area contributed by atoms with Crippen molar-refractivity contribution in [3.05, 3.63) is 0 Å². The molecule has 0 spiro atoms. The van der Waals surface area contributed by atoms with Gasteiger partial charge in [0, 0.05) is 18.9 Å². The summed E-state index contributed by atoms with van der Waals surface area (Å²) < 4.78 is 0. The van der Waals surface area contributed by atoms with Crippen LogP contribution in [0.1, 0.15) is 38.5 Å². The number of primary amides is 1. The van der Waals surface area contributed by atoms with Crippen LogP contribution < -0.4 is 11.1 Å². The zero-order valence-electron chi connectivity index (χ0n) is 10.4. The van der Waals surface area contributed by atoms with E-state index in [-0.39, 0.29) is 23.7 Å². The molecular weight excluding hydrogens is 236 g/mol. The smallest absolute Gasteiger partial charge is 0.306 e. The van der Waals surface area contributed by atoms with Gasteiger partial charge in [-0.25, -0.2) is 0 Å². The van der Waals surface area contributed by atoms with E-state index >= 15 is 0 Å². The van der Waals surface area contributed by atoms with Crippen LogP contribution in [0.2, 0.25) is 0 Å². The highest BCUT2D eigenvalue weighted by atomic mass is 16.4. The van der Waals surface area contributed by atoms with Crippen molar-refractivity contribution in [3.8, 4) is 0 Å². The van der Waals surface area contributed by atoms with Crippen LogP contribution in [0, 0.1) is 11.8 Å². The van der Waals surface area contributed by atoms with Crippen molar-refractivity contribution < 1.29 is 19.5 Å². The minimum atomic E-state index is -0.813. The summed E-state index contributed by atoms with van der Waals surface area (Å²) in [4.78, 5) is 33.0. The van der Waals surface area contributed by atoms with Gasteiger partial charge in [-0.15, -0.1) is 0 Å². The highest BCUT2D eigenvalue weighted by Gasteiger charge is 2.33. The van der Waals surface area contributed by atoms with Crippen molar-refractivity contribution in [2.24, 2.45) is 17.6 Å². The normalized spacial score (nSPS) is 22.7. The Morgan fingerprint density at radius 2 is 1.83 bits per heavy atom. The molecule has 1 aliphatic carbocycles. The Kier molecular flexibility index (Phi) is 5.61. The maximum absolute atomic E-state index is 11.7. The van der Waals surface area contributed by atoms with Crippen molar-refractivity contribution >= 4 is 17.8 Å². The molecular formula is C12H20N2O4. The van der Waals surface area contributed by atoms with Crippen LogP contribution >= 0.6 is 0 Å². The van der Waals surface area contributed by atoms with Gasteiger partial charge in [0.2, 0.25) is 11.8 Å². The average molecular weight is 256 g/mol. The molecule has 1 saturated carbocycles. The quantitative estimate of drug-likeness (QED) is 0.567. The lowest BCUT2D eigenvalue weighted by Crippen LogP contribution is -2.30. The van der Waals surface area contributed by atoms with Crippen LogP contribution in [0.15, 0.2) is 0 Å². The monoisotopic (exact) mass is 256 g/mol. The van der Waals surface area contributed by atoms with E-state index in [1.54, 1.807) is 0 Å². The van der Waals surface area contributed by atoms with Gasteiger partial charge in [-0.3, -0.25) is 14.4 Å². The maximum atomic E-state index is 11.7. The van der Waals surface area contributed by atoms with Crippen molar-refractivity contribution in [2.75, 3.05) is 6.54 Å². The fourth-order valence-electron chi connectivity index (χ4n) is 2.22. The first-order chi connectivity index (χ1) is 8.50. The van der Waals surface area contributed by atoms with Crippen LogP contribution in [0.5, 0.6) is 0 Å². The number of nitrogens with two attached hydrogens (primary N) is 1. The molecule has 18 heavy (non-hydrogen) atoms. The van der Waals surface area contributed by atoms with E-state index in [9.17, 15) is 14.4 Å². The largest absolute Gasteiger partial charge is 0.481 e. The van der Waals surface area contributed by atoms with Gasteiger partial charge in [0.05, 0.1) is 5.92 Å². The predicted octanol–water partition coefficient (Wildman–Crippen LogP) is 0.259. The lowest BCUT2D eigenvalue weighted by molar-refractivity contribution is -0.141. The number of amides is 2. The molecule has 0 aromatic heterocycles. The van der Waals surface area contributed by atoms with Gasteiger partial charge in [-0.05, 0) is 32.1 Å². The summed E-state index contributed by atoms with van der Waals surface area (Å²) >= 11 is 0. The second kappa shape index (κ2) is 6.98. The number of nitrogens with one attached hydrogen (secondary N) is 1. The van der Waals surface area contributed by atoms with E-state index in [2.05, 4.69) is 5.32 Å². The number of carboxylic acid groups (broad SMARTS) is 1. The molecule has 1 rings (SSSR count). The summed E-state index contributed by atoms with van der Waals surface area (Å²) in [5, 5.41) is 11.6. The first kappa shape index (κ1) is 14.5. The third-order valence-corrected chi connectivity index (χ3v) is 3.30. The van der Waals surface area contributed by atoms with Gasteiger partial charge >= 0.3 is 5.97 Å². The average Bonchev–Trinajstić information content (AvgIpc) is 2.77. The van der Waals surface area contributed by atoms with Crippen LogP contribution in [0.3, 0.4) is 0 Å². The number of carboxylic acids is 1. The molecule has 1 aliphatic rings. The van der Waals surface area contributed by atoms with Crippen LogP contribution in [0.25, 0.3) is 0 Å². The number of aliphatic carboxylic acids is 1. The van der Waals surface area contributed by atoms with Crippen LogP contribution in [-0.4, -0.2) is 29.4 Å². The summed E-state index contributed by atoms with van der Waals surface area (Å²) in [5.74, 6) is -1.77. The lowest BCUT2D eigenvalue weighted by Gasteiger charge is -2.10. The van der Waals surface area contributed by atoms with E-state index in [0.717, 1.165) is 0 Å². The molecule has 0 saturated heterocycles. The summed E-state index contributed by atoms with van der Waals surface area (Å²) in [6.45, 7) is 0.514. The number of hydrogen-bond acceptors (Lipinski definition) is 3. The first-order valence-corrected chi connectivity index (χ1v) is 6.29. The SMILES string of the molecule is NC(=O)CCCCNC(=O)[C@@H]1CC[C@H](C(=O)O)C1. The Labute approximate surface area is 106 Å². The Morgan fingerprint density at radius 3 is 2.39 bits per heavy atom. The molecule has 0 radical (unpaired) electrons. The molecule has 6 heteroatoms. The third kappa shape index (κ3) is 4.73. The molecule has 0 aromatic carbocycles. The number of hydrogen-bond donors (Lipinski definition) is 3. The highest BCUT2D eigenvalue weighted by Crippen LogP contribution is 2.30. The number of rotatable bonds is 7. The number of carbonyl (C=O) groups is 3. The van der Waals surface area contributed by atoms with Crippen molar-refractivity contribution in [1.82, 2.24) is 5.32 Å². The van der Waals surface area contributed by atoms with E-state index in [1.165, 1.54) is 0 Å². The molecule has 6 nitrogen and oxygen atoms in total. The fourth-order valence-corrected chi connectivity index (χ4v) is 2.22. The number of unbranched alkanes of at least 4 members (excludes halogenated alkanes) is 1. The van der Waals surface area contributed by atoms with Gasteiger partial charge in [0.15, 0.2) is 0 Å². The Morgan fingerprint density at radius 1 is 1.17 bits per heavy atom. The third-order valence-electron chi connectivity index (χ3n) is 3.30. The predicted molar refractivity (Wildman–Crippen MR) is 64.5 cm³/mol. The summed E-state index contributed by atoms with van der Waals surface area (Å²) in [5.41, 5.74) is 5.00. The molecule has 0 aliphatic heterocycles. The van der Waals surface area contributed by atoms with Gasteiger partial charge < -0.3 is 16.2 Å². The van der Waals surface area contributed by atoms with Crippen LogP contribution in [0.4, 0.5) is 0 Å². The lowest BCUT2D eigenvalue weighted by atomic mass is 10.0. The van der Waals surface area contributed by atoms with Crippen molar-refractivity contribution in [1.29, 1.82) is 0 Å². The molecule has 2 amide bonds. The zero-order chi connectivity index (χ0) is 13.5. The summed E-state index contributed by atoms with van der Waals surface area (Å²) in [7, 11) is 0. The first-order valence-electron chi connectivity index (χ1n) is 6.29. The van der Waals surface area contributed by atoms with Gasteiger partial charge in [-0.2, -0.15) is 0 Å². The summed E-state index contributed by atoms with van der Waals surface area (Å²) in [6, 6.07) is 0. The molecule has 0 unspecified atom stereocenters. The zero-order valence-corrected chi connectivity index (χ0v) is 10.4. The Balaban J connectivity index is 2.14. The van der Waals surface area contributed by atoms with E-state index in [1.807, 2.05) is 0 Å². The molecule has 102 valence electrons. The topological polar surface area (TPSA) is 109 Å². The van der Waals surface area contributed by atoms with Gasteiger partial charge in [0.1, 0.15) is 0 Å². The molecule has 0 aromatic rings. The van der Waals surface area contributed by atoms with E-state index < -0.39 is 5.97 Å².